The van der Waals surface area contributed by atoms with Gasteiger partial charge in [-0.25, -0.2) is 9.59 Å². The number of carboxylic acid groups (broad SMARTS) is 1. The molecule has 1 aromatic heterocycles. The van der Waals surface area contributed by atoms with Crippen LogP contribution in [-0.4, -0.2) is 96.6 Å². The summed E-state index contributed by atoms with van der Waals surface area (Å²) in [6, 6.07) is 7.39. The average molecular weight is 678 g/mol. The number of ether oxygens (including phenoxy) is 1. The van der Waals surface area contributed by atoms with Gasteiger partial charge in [0, 0.05) is 31.0 Å². The molecule has 1 saturated carbocycles. The molecule has 3 aliphatic rings. The van der Waals surface area contributed by atoms with Crippen molar-refractivity contribution in [1.29, 1.82) is 0 Å². The first kappa shape index (κ1) is 36.0. The smallest absolute Gasteiger partial charge is 0.408 e. The van der Waals surface area contributed by atoms with Gasteiger partial charge in [-0.3, -0.25) is 14.5 Å². The molecule has 49 heavy (non-hydrogen) atoms. The van der Waals surface area contributed by atoms with Gasteiger partial charge in [0.15, 0.2) is 0 Å². The van der Waals surface area contributed by atoms with Crippen molar-refractivity contribution in [3.63, 3.8) is 0 Å². The summed E-state index contributed by atoms with van der Waals surface area (Å²) in [6.45, 7) is 11.8. The lowest BCUT2D eigenvalue weighted by atomic mass is 10.0. The minimum Gasteiger partial charge on any atom is -0.479 e. The molecule has 1 saturated heterocycles. The second-order valence-corrected chi connectivity index (χ2v) is 14.4. The molecule has 0 radical (unpaired) electrons. The van der Waals surface area contributed by atoms with Crippen LogP contribution < -0.4 is 10.6 Å². The first-order valence-electron chi connectivity index (χ1n) is 17.6. The van der Waals surface area contributed by atoms with Crippen LogP contribution in [0.4, 0.5) is 4.79 Å². The van der Waals surface area contributed by atoms with Crippen LogP contribution in [0.5, 0.6) is 0 Å². The van der Waals surface area contributed by atoms with E-state index in [1.54, 1.807) is 25.6 Å². The maximum atomic E-state index is 14.4. The molecule has 3 amide bonds. The highest BCUT2D eigenvalue weighted by Crippen LogP contribution is 2.45. The van der Waals surface area contributed by atoms with Crippen LogP contribution in [-0.2, 0) is 25.7 Å². The second-order valence-electron chi connectivity index (χ2n) is 14.4. The summed E-state index contributed by atoms with van der Waals surface area (Å²) in [5.41, 5.74) is 0.246. The van der Waals surface area contributed by atoms with Crippen molar-refractivity contribution in [2.24, 2.45) is 5.92 Å². The van der Waals surface area contributed by atoms with Crippen molar-refractivity contribution >= 4 is 23.9 Å². The van der Waals surface area contributed by atoms with E-state index in [0.717, 1.165) is 49.3 Å². The fourth-order valence-corrected chi connectivity index (χ4v) is 6.80. The summed E-state index contributed by atoms with van der Waals surface area (Å²) < 4.78 is 5.50. The summed E-state index contributed by atoms with van der Waals surface area (Å²) in [7, 11) is 0. The molecule has 2 fully saturated rings. The number of carbonyl (C=O) groups is 4. The van der Waals surface area contributed by atoms with Gasteiger partial charge < -0.3 is 25.4 Å². The first-order chi connectivity index (χ1) is 23.3. The molecule has 5 rings (SSSR count). The Hall–Kier alpha value is -4.26. The highest BCUT2D eigenvalue weighted by molar-refractivity contribution is 5.96. The van der Waals surface area contributed by atoms with Gasteiger partial charge in [0.25, 0.3) is 0 Å². The van der Waals surface area contributed by atoms with E-state index in [1.807, 2.05) is 42.5 Å². The molecule has 3 heterocycles. The third kappa shape index (κ3) is 8.49. The van der Waals surface area contributed by atoms with E-state index >= 15 is 0 Å². The van der Waals surface area contributed by atoms with Crippen molar-refractivity contribution in [1.82, 2.24) is 35.4 Å². The molecule has 13 heteroatoms. The number of hydrogen-bond acceptors (Lipinski definition) is 8. The fraction of sp³-hybridized carbons (Fsp3) is 0.611. The van der Waals surface area contributed by atoms with Crippen LogP contribution >= 0.6 is 0 Å². The van der Waals surface area contributed by atoms with E-state index in [1.165, 1.54) is 4.90 Å². The second kappa shape index (κ2) is 15.1. The highest BCUT2D eigenvalue weighted by Gasteiger charge is 2.61. The topological polar surface area (TPSA) is 159 Å². The average Bonchev–Trinajstić information content (AvgIpc) is 3.36. The molecule has 2 aliphatic heterocycles. The molecule has 13 nitrogen and oxygen atoms in total. The molecule has 1 aliphatic carbocycles. The van der Waals surface area contributed by atoms with Crippen molar-refractivity contribution in [2.75, 3.05) is 19.6 Å². The Bertz CT molecular complexity index is 1530. The van der Waals surface area contributed by atoms with Gasteiger partial charge >= 0.3 is 12.1 Å². The lowest BCUT2D eigenvalue weighted by Gasteiger charge is -2.30. The molecule has 2 aromatic rings. The third-order valence-corrected chi connectivity index (χ3v) is 9.67. The lowest BCUT2D eigenvalue weighted by Crippen LogP contribution is -2.56. The predicted octanol–water partition coefficient (Wildman–Crippen LogP) is 4.30. The number of nitrogens with one attached hydrogen (secondary N) is 2. The first-order valence-corrected chi connectivity index (χ1v) is 17.6. The Morgan fingerprint density at radius 3 is 2.51 bits per heavy atom. The molecule has 0 spiro atoms. The number of allylic oxidation sites excluding steroid dienone is 1. The minimum atomic E-state index is -1.42. The van der Waals surface area contributed by atoms with Gasteiger partial charge in [0.1, 0.15) is 34.6 Å². The number of nitrogens with zero attached hydrogens (tertiary/aromatic N) is 5. The van der Waals surface area contributed by atoms with Crippen LogP contribution in [0, 0.1) is 5.92 Å². The van der Waals surface area contributed by atoms with E-state index in [2.05, 4.69) is 29.4 Å². The summed E-state index contributed by atoms with van der Waals surface area (Å²) in [6.07, 6.45) is 7.08. The summed E-state index contributed by atoms with van der Waals surface area (Å²) in [4.78, 5) is 59.2. The molecular weight excluding hydrogens is 626 g/mol. The highest BCUT2D eigenvalue weighted by atomic mass is 16.6. The van der Waals surface area contributed by atoms with E-state index in [0.29, 0.717) is 19.4 Å². The number of carboxylic acids is 1. The summed E-state index contributed by atoms with van der Waals surface area (Å²) in [5.74, 6) is -2.39. The zero-order valence-electron chi connectivity index (χ0n) is 29.4. The van der Waals surface area contributed by atoms with Gasteiger partial charge in [-0.15, -0.1) is 0 Å². The fourth-order valence-electron chi connectivity index (χ4n) is 6.80. The SMILES string of the molecule is CCN(CC)Cc1nn([C@H]2C[C@H]3C(=O)N[C@@]4(C(=O)O)C[C@@H]4/C=C\CCCCC[C@@H](NC(=O)OC(C)(C)C)C(=O)N3C2)nc1-c1ccccc1. The number of amides is 3. The zero-order valence-corrected chi connectivity index (χ0v) is 29.4. The molecule has 1 aromatic carbocycles. The quantitative estimate of drug-likeness (QED) is 0.347. The number of hydrogen-bond donors (Lipinski definition) is 3. The summed E-state index contributed by atoms with van der Waals surface area (Å²) in [5, 5.41) is 25.7. The van der Waals surface area contributed by atoms with Gasteiger partial charge in [-0.1, -0.05) is 69.2 Å². The third-order valence-electron chi connectivity index (χ3n) is 9.67. The maximum absolute atomic E-state index is 14.4. The molecular formula is C36H51N7O6. The number of alkyl carbamates (subject to hydrolysis) is 1. The Labute approximate surface area is 288 Å². The number of aliphatic carboxylic acids is 1. The van der Waals surface area contributed by atoms with Crippen molar-refractivity contribution in [3.8, 4) is 11.3 Å². The lowest BCUT2D eigenvalue weighted by molar-refractivity contribution is -0.145. The number of rotatable bonds is 8. The van der Waals surface area contributed by atoms with Gasteiger partial charge in [-0.2, -0.15) is 15.0 Å². The molecule has 5 atom stereocenters. The number of carbonyl (C=O) groups excluding carboxylic acids is 3. The van der Waals surface area contributed by atoms with Crippen LogP contribution in [0.2, 0.25) is 0 Å². The van der Waals surface area contributed by atoms with E-state index in [4.69, 9.17) is 14.9 Å². The predicted molar refractivity (Wildman–Crippen MR) is 183 cm³/mol. The van der Waals surface area contributed by atoms with Gasteiger partial charge in [0.2, 0.25) is 11.8 Å². The largest absolute Gasteiger partial charge is 0.479 e. The number of benzene rings is 1. The van der Waals surface area contributed by atoms with Crippen LogP contribution in [0.3, 0.4) is 0 Å². The van der Waals surface area contributed by atoms with Gasteiger partial charge in [-0.05, 0) is 59.5 Å². The van der Waals surface area contributed by atoms with Crippen molar-refractivity contribution in [3.05, 3.63) is 48.2 Å². The van der Waals surface area contributed by atoms with Crippen LogP contribution in [0.15, 0.2) is 42.5 Å². The van der Waals surface area contributed by atoms with Crippen LogP contribution in [0.25, 0.3) is 11.3 Å². The monoisotopic (exact) mass is 677 g/mol. The van der Waals surface area contributed by atoms with E-state index in [-0.39, 0.29) is 25.3 Å². The van der Waals surface area contributed by atoms with E-state index in [9.17, 15) is 24.3 Å². The zero-order chi connectivity index (χ0) is 35.3. The molecule has 3 N–H and O–H groups in total. The minimum absolute atomic E-state index is 0.112. The molecule has 266 valence electrons. The standard InChI is InChI=1S/C36H51N7O6/c1-6-41(7-2)23-28-30(24-16-12-11-13-17-24)40-43(39-28)26-20-29-31(44)38-36(33(46)47)21-25(36)18-14-9-8-10-15-19-27(32(45)42(29)22-26)37-34(48)49-35(3,4)5/h11-14,16-18,25-27,29H,6-10,15,19-23H2,1-5H3,(H,37,48)(H,38,44)(H,46,47)/b18-14-/t25-,26-,27+,29-,36-/m0/s1. The number of fused-ring (bicyclic) bond motifs is 2. The Morgan fingerprint density at radius 2 is 1.84 bits per heavy atom. The molecule has 0 unspecified atom stereocenters. The van der Waals surface area contributed by atoms with Gasteiger partial charge in [0.05, 0.1) is 6.04 Å². The normalized spacial score (nSPS) is 26.9. The van der Waals surface area contributed by atoms with Crippen LogP contribution in [0.1, 0.15) is 91.3 Å². The maximum Gasteiger partial charge on any atom is 0.408 e. The van der Waals surface area contributed by atoms with E-state index < -0.39 is 53.1 Å². The van der Waals surface area contributed by atoms with Crippen molar-refractivity contribution in [2.45, 2.75) is 115 Å². The number of aromatic nitrogens is 3. The Balaban J connectivity index is 1.50. The summed E-state index contributed by atoms with van der Waals surface area (Å²) >= 11 is 0. The van der Waals surface area contributed by atoms with Crippen molar-refractivity contribution < 1.29 is 29.0 Å². The Kier molecular flexibility index (Phi) is 11.1. The Morgan fingerprint density at radius 1 is 1.10 bits per heavy atom. The molecule has 0 bridgehead atoms.